The van der Waals surface area contributed by atoms with Gasteiger partial charge in [0.2, 0.25) is 5.79 Å². The Bertz CT molecular complexity index is 976. The van der Waals surface area contributed by atoms with Crippen molar-refractivity contribution in [2.24, 2.45) is 23.7 Å². The van der Waals surface area contributed by atoms with Gasteiger partial charge in [-0.2, -0.15) is 4.89 Å². The van der Waals surface area contributed by atoms with Crippen LogP contribution in [0.1, 0.15) is 37.7 Å². The monoisotopic (exact) mass is 464 g/mol. The fourth-order valence-electron chi connectivity index (χ4n) is 6.59. The minimum atomic E-state index is -0.541. The van der Waals surface area contributed by atoms with Crippen LogP contribution in [0.2, 0.25) is 0 Å². The summed E-state index contributed by atoms with van der Waals surface area (Å²) >= 11 is 0. The van der Waals surface area contributed by atoms with Crippen molar-refractivity contribution < 1.29 is 29.1 Å². The predicted molar refractivity (Wildman–Crippen MR) is 126 cm³/mol. The van der Waals surface area contributed by atoms with Gasteiger partial charge in [-0.3, -0.25) is 0 Å². The third kappa shape index (κ3) is 4.03. The highest BCUT2D eigenvalue weighted by molar-refractivity contribution is 5.67. The summed E-state index contributed by atoms with van der Waals surface area (Å²) in [6.45, 7) is 5.00. The molecule has 0 aromatic heterocycles. The summed E-state index contributed by atoms with van der Waals surface area (Å²) in [5, 5.41) is 8.85. The number of aliphatic hydroxyl groups excluding tert-OH is 1. The molecule has 4 bridgehead atoms. The minimum Gasteiger partial charge on any atom is -0.491 e. The van der Waals surface area contributed by atoms with Crippen molar-refractivity contribution >= 4 is 5.57 Å². The highest BCUT2D eigenvalue weighted by Gasteiger charge is 2.61. The van der Waals surface area contributed by atoms with E-state index < -0.39 is 5.79 Å². The zero-order valence-electron chi connectivity index (χ0n) is 19.4. The van der Waals surface area contributed by atoms with E-state index in [2.05, 4.69) is 6.58 Å². The third-order valence-corrected chi connectivity index (χ3v) is 8.06. The van der Waals surface area contributed by atoms with Crippen LogP contribution in [0.4, 0.5) is 0 Å². The Labute approximate surface area is 200 Å². The molecule has 0 amide bonds. The number of hydrogen-bond acceptors (Lipinski definition) is 6. The van der Waals surface area contributed by atoms with Crippen molar-refractivity contribution in [1.82, 2.24) is 0 Å². The van der Waals surface area contributed by atoms with E-state index in [0.717, 1.165) is 28.7 Å². The maximum absolute atomic E-state index is 8.85. The van der Waals surface area contributed by atoms with Gasteiger partial charge in [0.25, 0.3) is 0 Å². The quantitative estimate of drug-likeness (QED) is 0.557. The molecule has 34 heavy (non-hydrogen) atoms. The second-order valence-electron chi connectivity index (χ2n) is 10.2. The summed E-state index contributed by atoms with van der Waals surface area (Å²) in [5.41, 5.74) is 1.81. The molecule has 1 unspecified atom stereocenters. The topological polar surface area (TPSA) is 66.4 Å². The van der Waals surface area contributed by atoms with Crippen LogP contribution in [0.15, 0.2) is 55.1 Å². The predicted octanol–water partition coefficient (Wildman–Crippen LogP) is 5.36. The molecular weight excluding hydrogens is 432 g/mol. The SMILES string of the molecule is C=C(c1ccc(Oc2ccc(OCCO)cc2)cc1)C1COC2(OO1)C1CC3CC(C1)CC2C3. The van der Waals surface area contributed by atoms with Gasteiger partial charge < -0.3 is 19.3 Å². The molecule has 5 fully saturated rings. The van der Waals surface area contributed by atoms with Gasteiger partial charge in [0, 0.05) is 11.8 Å². The van der Waals surface area contributed by atoms with Gasteiger partial charge in [-0.25, -0.2) is 4.89 Å². The van der Waals surface area contributed by atoms with Crippen LogP contribution in [0.25, 0.3) is 5.57 Å². The summed E-state index contributed by atoms with van der Waals surface area (Å²) in [5.74, 6) is 4.22. The molecule has 4 saturated carbocycles. The molecule has 1 atom stereocenters. The lowest BCUT2D eigenvalue weighted by Crippen LogP contribution is -2.63. The number of aliphatic hydroxyl groups is 1. The number of rotatable bonds is 7. The standard InChI is InChI=1S/C28H32O6/c1-18(21-2-4-25(5-3-21)32-26-8-6-24(7-9-26)30-11-10-29)27-17-31-28(34-33-27)22-13-19-12-20(15-22)16-23(28)14-19/h2-9,19-20,22-23,27,29H,1,10-17H2. The van der Waals surface area contributed by atoms with Crippen LogP contribution in [0, 0.1) is 23.7 Å². The molecule has 1 aliphatic heterocycles. The Kier molecular flexibility index (Phi) is 5.86. The first-order chi connectivity index (χ1) is 16.6. The van der Waals surface area contributed by atoms with E-state index in [9.17, 15) is 0 Å². The van der Waals surface area contributed by atoms with Gasteiger partial charge >= 0.3 is 0 Å². The van der Waals surface area contributed by atoms with Gasteiger partial charge in [-0.1, -0.05) is 18.7 Å². The van der Waals surface area contributed by atoms with Gasteiger partial charge in [0.15, 0.2) is 0 Å². The molecule has 2 aromatic rings. The lowest BCUT2D eigenvalue weighted by atomic mass is 9.53. The fraction of sp³-hybridized carbons (Fsp3) is 0.500. The molecule has 5 aliphatic rings. The zero-order valence-corrected chi connectivity index (χ0v) is 19.4. The molecule has 1 saturated heterocycles. The number of hydrogen-bond donors (Lipinski definition) is 1. The Morgan fingerprint density at radius 1 is 0.882 bits per heavy atom. The van der Waals surface area contributed by atoms with Gasteiger partial charge in [0.05, 0.1) is 13.2 Å². The maximum Gasteiger partial charge on any atom is 0.207 e. The van der Waals surface area contributed by atoms with Crippen molar-refractivity contribution in [1.29, 1.82) is 0 Å². The Morgan fingerprint density at radius 2 is 1.47 bits per heavy atom. The normalized spacial score (nSPS) is 33.7. The van der Waals surface area contributed by atoms with Crippen molar-refractivity contribution in [2.75, 3.05) is 19.8 Å². The molecule has 4 aliphatic carbocycles. The van der Waals surface area contributed by atoms with Gasteiger partial charge in [0.1, 0.15) is 30.0 Å². The van der Waals surface area contributed by atoms with Crippen LogP contribution in [0.5, 0.6) is 17.2 Å². The number of ether oxygens (including phenoxy) is 3. The highest BCUT2D eigenvalue weighted by Crippen LogP contribution is 2.60. The van der Waals surface area contributed by atoms with Crippen LogP contribution < -0.4 is 9.47 Å². The van der Waals surface area contributed by atoms with Crippen LogP contribution in [-0.2, 0) is 14.5 Å². The third-order valence-electron chi connectivity index (χ3n) is 8.06. The smallest absolute Gasteiger partial charge is 0.207 e. The molecule has 6 nitrogen and oxygen atoms in total. The summed E-state index contributed by atoms with van der Waals surface area (Å²) in [6.07, 6.45) is 5.92. The summed E-state index contributed by atoms with van der Waals surface area (Å²) in [4.78, 5) is 12.1. The average molecular weight is 465 g/mol. The molecular formula is C28H32O6. The molecule has 6 heteroatoms. The minimum absolute atomic E-state index is 0.0111. The van der Waals surface area contributed by atoms with Crippen LogP contribution in [-0.4, -0.2) is 36.8 Å². The Hall–Kier alpha value is -2.38. The van der Waals surface area contributed by atoms with Crippen LogP contribution >= 0.6 is 0 Å². The van der Waals surface area contributed by atoms with Crippen molar-refractivity contribution in [3.8, 4) is 17.2 Å². The van der Waals surface area contributed by atoms with E-state index in [4.69, 9.17) is 29.1 Å². The summed E-state index contributed by atoms with van der Waals surface area (Å²) in [7, 11) is 0. The van der Waals surface area contributed by atoms with Gasteiger partial charge in [-0.05, 0) is 91.5 Å². The molecule has 1 N–H and O–H groups in total. The van der Waals surface area contributed by atoms with E-state index in [1.54, 1.807) is 0 Å². The highest BCUT2D eigenvalue weighted by atomic mass is 17.2. The maximum atomic E-state index is 8.85. The Balaban J connectivity index is 1.05. The largest absolute Gasteiger partial charge is 0.491 e. The van der Waals surface area contributed by atoms with Crippen molar-refractivity contribution in [3.63, 3.8) is 0 Å². The number of benzene rings is 2. The summed E-state index contributed by atoms with van der Waals surface area (Å²) in [6, 6.07) is 15.1. The lowest BCUT2D eigenvalue weighted by Gasteiger charge is -2.60. The van der Waals surface area contributed by atoms with Crippen LogP contribution in [0.3, 0.4) is 0 Å². The van der Waals surface area contributed by atoms with Crippen molar-refractivity contribution in [3.05, 3.63) is 60.7 Å². The second-order valence-corrected chi connectivity index (χ2v) is 10.2. The summed E-state index contributed by atoms with van der Waals surface area (Å²) < 4.78 is 17.8. The molecule has 1 spiro atoms. The molecule has 2 aromatic carbocycles. The Morgan fingerprint density at radius 3 is 2.03 bits per heavy atom. The van der Waals surface area contributed by atoms with Gasteiger partial charge in [-0.15, -0.1) is 0 Å². The fourth-order valence-corrected chi connectivity index (χ4v) is 6.59. The van der Waals surface area contributed by atoms with E-state index in [1.807, 2.05) is 48.5 Å². The first-order valence-corrected chi connectivity index (χ1v) is 12.4. The first kappa shape index (κ1) is 22.1. The lowest BCUT2D eigenvalue weighted by molar-refractivity contribution is -0.517. The average Bonchev–Trinajstić information content (AvgIpc) is 2.87. The molecule has 7 rings (SSSR count). The van der Waals surface area contributed by atoms with E-state index >= 15 is 0 Å². The van der Waals surface area contributed by atoms with E-state index in [0.29, 0.717) is 29.9 Å². The second kappa shape index (κ2) is 9.00. The van der Waals surface area contributed by atoms with E-state index in [-0.39, 0.29) is 19.3 Å². The molecule has 0 radical (unpaired) electrons. The van der Waals surface area contributed by atoms with Crippen molar-refractivity contribution in [2.45, 2.75) is 44.0 Å². The molecule has 180 valence electrons. The zero-order chi connectivity index (χ0) is 23.1. The van der Waals surface area contributed by atoms with E-state index in [1.165, 1.54) is 32.1 Å². The molecule has 1 heterocycles. The first-order valence-electron chi connectivity index (χ1n) is 12.4.